The lowest BCUT2D eigenvalue weighted by atomic mass is 10.0. The summed E-state index contributed by atoms with van der Waals surface area (Å²) in [4.78, 5) is 17.1. The van der Waals surface area contributed by atoms with Crippen molar-refractivity contribution in [2.24, 2.45) is 0 Å². The number of para-hydroxylation sites is 4. The molecule has 0 saturated carbocycles. The molecule has 8 nitrogen and oxygen atoms in total. The maximum absolute atomic E-state index is 7.46. The Balaban J connectivity index is 0.000000112. The minimum Gasteiger partial charge on any atom is -0.455 e. The Morgan fingerprint density at radius 3 is 1.39 bits per heavy atom. The van der Waals surface area contributed by atoms with Gasteiger partial charge in [-0.1, -0.05) is 186 Å². The summed E-state index contributed by atoms with van der Waals surface area (Å²) in [6.07, 6.45) is 10.4. The summed E-state index contributed by atoms with van der Waals surface area (Å²) in [5.74, 6) is 0. The molecule has 0 saturated heterocycles. The van der Waals surface area contributed by atoms with Crippen LogP contribution in [0.2, 0.25) is 0 Å². The maximum Gasteiger partial charge on any atom is 0.227 e. The Morgan fingerprint density at radius 2 is 0.762 bits per heavy atom. The zero-order chi connectivity index (χ0) is 64.1. The molecule has 0 fully saturated rings. The lowest BCUT2D eigenvalue weighted by Crippen LogP contribution is -1.81. The van der Waals surface area contributed by atoms with Gasteiger partial charge >= 0.3 is 0 Å². The molecule has 0 aliphatic heterocycles. The van der Waals surface area contributed by atoms with Crippen LogP contribution < -0.4 is 0 Å². The quantitative estimate of drug-likeness (QED) is 0.172. The second-order valence-corrected chi connectivity index (χ2v) is 18.9. The Kier molecular flexibility index (Phi) is 9.89. The van der Waals surface area contributed by atoms with E-state index in [4.69, 9.17) is 34.1 Å². The number of hydrogen-bond acceptors (Lipinski definition) is 8. The van der Waals surface area contributed by atoms with E-state index in [2.05, 4.69) is 19.9 Å². The third-order valence-corrected chi connectivity index (χ3v) is 13.9. The monoisotopic (exact) mass is 1050 g/mol. The van der Waals surface area contributed by atoms with Gasteiger partial charge in [0.2, 0.25) is 5.71 Å². The fraction of sp³-hybridized carbons (Fsp3) is 0.0556. The van der Waals surface area contributed by atoms with Crippen LogP contribution in [-0.4, -0.2) is 19.9 Å². The molecule has 16 aromatic rings. The Bertz CT molecular complexity index is 4670. The van der Waals surface area contributed by atoms with Crippen LogP contribution in [0.3, 0.4) is 0 Å². The summed E-state index contributed by atoms with van der Waals surface area (Å²) in [5.41, 5.74) is 15.4. The van der Waals surface area contributed by atoms with Crippen molar-refractivity contribution in [3.05, 3.63) is 266 Å². The molecule has 0 N–H and O–H groups in total. The number of furan rings is 4. The second kappa shape index (κ2) is 21.2. The molecule has 0 aliphatic carbocycles. The Labute approximate surface area is 478 Å². The number of fused-ring (bicyclic) bond motifs is 12. The van der Waals surface area contributed by atoms with Gasteiger partial charge in [-0.3, -0.25) is 15.0 Å². The van der Waals surface area contributed by atoms with E-state index >= 15 is 0 Å². The Hall–Kier alpha value is -10.4. The van der Waals surface area contributed by atoms with Crippen molar-refractivity contribution in [3.63, 3.8) is 0 Å². The van der Waals surface area contributed by atoms with Gasteiger partial charge < -0.3 is 17.7 Å². The standard InChI is InChI=1S/4C18H13NO/c1-12-7-9-13(10-8-12)14-4-2-5-15-16-6-3-11-19-18(16)20-17(14)15;1-12-5-7-13(8-6-12)14-3-2-4-16-15-9-10-19-11-17(15)20-18(14)16;1-12-6-8-13(9-7-12)15-10-19-11-16-14-4-2-3-5-17(14)20-18(15)16;1-12-6-8-13(9-7-12)14-10-11-19-17-15-4-2-3-5-16(15)20-18(14)17/h4*2-11H,1H3/i4*1D3. The van der Waals surface area contributed by atoms with E-state index in [1.54, 1.807) is 97.8 Å². The molecule has 0 spiro atoms. The van der Waals surface area contributed by atoms with E-state index in [0.29, 0.717) is 28.0 Å². The number of nitrogens with zero attached hydrogens (tertiary/aromatic N) is 4. The van der Waals surface area contributed by atoms with Crippen molar-refractivity contribution in [3.8, 4) is 44.5 Å². The SMILES string of the molecule is [2H]C([2H])([2H])c1ccc(-c2cccc3c2oc2cnccc23)cc1.[2H]C([2H])([2H])c1ccc(-c2cccc3c2oc2ncccc23)cc1.[2H]C([2H])([2H])c1ccc(-c2ccnc3c2oc2ccccc23)cc1.[2H]C([2H])([2H])c1ccc(-c2cncc3c2oc2ccccc23)cc1. The fourth-order valence-electron chi connectivity index (χ4n) is 10.0. The molecule has 16 rings (SSSR count). The fourth-order valence-corrected chi connectivity index (χ4v) is 10.0. The van der Waals surface area contributed by atoms with Crippen LogP contribution in [-0.2, 0) is 0 Å². The third kappa shape index (κ3) is 9.49. The summed E-state index contributed by atoms with van der Waals surface area (Å²) >= 11 is 0. The Morgan fingerprint density at radius 1 is 0.287 bits per heavy atom. The van der Waals surface area contributed by atoms with Crippen molar-refractivity contribution in [2.75, 3.05) is 0 Å². The number of rotatable bonds is 4. The first-order valence-electron chi connectivity index (χ1n) is 31.6. The van der Waals surface area contributed by atoms with Crippen LogP contribution in [0.1, 0.15) is 38.7 Å². The van der Waals surface area contributed by atoms with Gasteiger partial charge in [-0.05, 0) is 92.1 Å². The summed E-state index contributed by atoms with van der Waals surface area (Å²) in [7, 11) is 0. The van der Waals surface area contributed by atoms with Crippen LogP contribution in [0.25, 0.3) is 133 Å². The van der Waals surface area contributed by atoms with Crippen LogP contribution in [0.15, 0.2) is 261 Å². The van der Waals surface area contributed by atoms with Crippen LogP contribution in [0.4, 0.5) is 0 Å². The van der Waals surface area contributed by atoms with Gasteiger partial charge in [-0.2, -0.15) is 0 Å². The smallest absolute Gasteiger partial charge is 0.227 e. The van der Waals surface area contributed by atoms with Crippen molar-refractivity contribution < 1.29 is 34.1 Å². The van der Waals surface area contributed by atoms with E-state index in [0.717, 1.165) is 127 Å². The van der Waals surface area contributed by atoms with Gasteiger partial charge in [0, 0.05) is 107 Å². The van der Waals surface area contributed by atoms with Gasteiger partial charge in [0.1, 0.15) is 33.4 Å². The van der Waals surface area contributed by atoms with E-state index < -0.39 is 27.4 Å². The molecule has 0 amide bonds. The van der Waals surface area contributed by atoms with Gasteiger partial charge in [0.25, 0.3) is 0 Å². The topological polar surface area (TPSA) is 104 Å². The first-order chi connectivity index (χ1) is 44.2. The summed E-state index contributed by atoms with van der Waals surface area (Å²) in [5, 5.41) is 6.99. The molecule has 0 aliphatic rings. The van der Waals surface area contributed by atoms with Gasteiger partial charge in [0.05, 0.1) is 6.20 Å². The minimum absolute atomic E-state index is 0.325. The number of hydrogen-bond donors (Lipinski definition) is 0. The molecule has 80 heavy (non-hydrogen) atoms. The van der Waals surface area contributed by atoms with Gasteiger partial charge in [0.15, 0.2) is 11.2 Å². The van der Waals surface area contributed by atoms with Crippen LogP contribution in [0.5, 0.6) is 0 Å². The number of benzene rings is 8. The van der Waals surface area contributed by atoms with E-state index in [-0.39, 0.29) is 0 Å². The molecule has 0 radical (unpaired) electrons. The highest BCUT2D eigenvalue weighted by atomic mass is 16.3. The summed E-state index contributed by atoms with van der Waals surface area (Å²) in [6, 6.07) is 62.8. The molecule has 8 aromatic carbocycles. The van der Waals surface area contributed by atoms with Crippen molar-refractivity contribution >= 4 is 88.0 Å². The zero-order valence-corrected chi connectivity index (χ0v) is 42.5. The lowest BCUT2D eigenvalue weighted by molar-refractivity contribution is 0.655. The first kappa shape index (κ1) is 37.4. The number of aromatic nitrogens is 4. The van der Waals surface area contributed by atoms with E-state index in [1.165, 1.54) is 0 Å². The third-order valence-electron chi connectivity index (χ3n) is 13.9. The molecule has 384 valence electrons. The number of aryl methyl sites for hydroxylation is 4. The lowest BCUT2D eigenvalue weighted by Gasteiger charge is -2.03. The first-order valence-corrected chi connectivity index (χ1v) is 25.6. The van der Waals surface area contributed by atoms with Crippen molar-refractivity contribution in [1.82, 2.24) is 19.9 Å². The van der Waals surface area contributed by atoms with E-state index in [1.807, 2.05) is 146 Å². The van der Waals surface area contributed by atoms with Crippen LogP contribution >= 0.6 is 0 Å². The zero-order valence-electron chi connectivity index (χ0n) is 54.5. The average molecular weight is 1050 g/mol. The molecule has 8 heterocycles. The summed E-state index contributed by atoms with van der Waals surface area (Å²) < 4.78 is 113. The van der Waals surface area contributed by atoms with Crippen molar-refractivity contribution in [1.29, 1.82) is 0 Å². The highest BCUT2D eigenvalue weighted by Gasteiger charge is 2.16. The molecular weight excluding hydrogens is 985 g/mol. The summed E-state index contributed by atoms with van der Waals surface area (Å²) in [6.45, 7) is -8.36. The highest BCUT2D eigenvalue weighted by Crippen LogP contribution is 2.39. The van der Waals surface area contributed by atoms with Gasteiger partial charge in [-0.15, -0.1) is 0 Å². The molecule has 8 aromatic heterocycles. The molecular formula is C72H52N4O4. The van der Waals surface area contributed by atoms with Crippen LogP contribution in [0, 0.1) is 27.4 Å². The molecule has 0 unspecified atom stereocenters. The maximum atomic E-state index is 7.46. The predicted octanol–water partition coefficient (Wildman–Crippen LogP) is 19.8. The molecule has 0 bridgehead atoms. The average Bonchev–Trinajstić information content (AvgIpc) is 1.77. The van der Waals surface area contributed by atoms with Crippen molar-refractivity contribution in [2.45, 2.75) is 27.4 Å². The highest BCUT2D eigenvalue weighted by molar-refractivity contribution is 6.11. The number of pyridine rings is 4. The van der Waals surface area contributed by atoms with E-state index in [9.17, 15) is 0 Å². The second-order valence-electron chi connectivity index (χ2n) is 18.9. The largest absolute Gasteiger partial charge is 0.455 e. The minimum atomic E-state index is -2.10. The molecule has 8 heteroatoms. The normalized spacial score (nSPS) is 14.1. The van der Waals surface area contributed by atoms with Gasteiger partial charge in [-0.25, -0.2) is 4.98 Å². The predicted molar refractivity (Wildman–Crippen MR) is 327 cm³/mol. The molecule has 0 atom stereocenters.